The van der Waals surface area contributed by atoms with Gasteiger partial charge in [0.2, 0.25) is 0 Å². The van der Waals surface area contributed by atoms with Gasteiger partial charge in [-0.05, 0) is 37.3 Å². The Kier molecular flexibility index (Phi) is 3.88. The minimum absolute atomic E-state index is 0.195. The lowest BCUT2D eigenvalue weighted by Gasteiger charge is -2.23. The maximum atomic E-state index is 13.6. The predicted molar refractivity (Wildman–Crippen MR) is 82.3 cm³/mol. The molecule has 2 aromatic rings. The molecule has 0 spiro atoms. The van der Waals surface area contributed by atoms with Crippen LogP contribution in [0.15, 0.2) is 41.3 Å². The zero-order chi connectivity index (χ0) is 17.5. The molecule has 1 aliphatic rings. The number of rotatable bonds is 3. The molecule has 24 heavy (non-hydrogen) atoms. The first-order valence-corrected chi connectivity index (χ1v) is 8.34. The van der Waals surface area contributed by atoms with Gasteiger partial charge in [-0.1, -0.05) is 0 Å². The first-order chi connectivity index (χ1) is 11.3. The van der Waals surface area contributed by atoms with Crippen molar-refractivity contribution in [3.63, 3.8) is 0 Å². The lowest BCUT2D eigenvalue weighted by Crippen LogP contribution is -2.34. The Labute approximate surface area is 136 Å². The third kappa shape index (κ3) is 3.02. The molecule has 0 fully saturated rings. The van der Waals surface area contributed by atoms with Crippen LogP contribution < -0.4 is 14.8 Å². The Morgan fingerprint density at radius 3 is 2.62 bits per heavy atom. The van der Waals surface area contributed by atoms with Crippen LogP contribution in [0.2, 0.25) is 0 Å². The highest BCUT2D eigenvalue weighted by Gasteiger charge is 2.26. The maximum Gasteiger partial charge on any atom is 0.265 e. The van der Waals surface area contributed by atoms with Crippen molar-refractivity contribution in [2.24, 2.45) is 0 Å². The van der Waals surface area contributed by atoms with Gasteiger partial charge in [-0.25, -0.2) is 17.2 Å². The fourth-order valence-corrected chi connectivity index (χ4v) is 3.22. The summed E-state index contributed by atoms with van der Waals surface area (Å²) in [7, 11) is -4.13. The van der Waals surface area contributed by atoms with E-state index >= 15 is 0 Å². The molecule has 3 rings (SSSR count). The first-order valence-electron chi connectivity index (χ1n) is 6.86. The van der Waals surface area contributed by atoms with Crippen LogP contribution in [0.4, 0.5) is 20.2 Å². The van der Waals surface area contributed by atoms with Crippen molar-refractivity contribution in [3.8, 4) is 5.75 Å². The number of ether oxygens (including phenoxy) is 1. The summed E-state index contributed by atoms with van der Waals surface area (Å²) in [6, 6.07) is 6.33. The molecular weight excluding hydrogens is 342 g/mol. The average Bonchev–Trinajstić information content (AvgIpc) is 2.51. The van der Waals surface area contributed by atoms with E-state index in [9.17, 15) is 22.0 Å². The fraction of sp³-hybridized carbons (Fsp3) is 0.133. The number of sulfonamides is 1. The smallest absolute Gasteiger partial charge is 0.265 e. The number of fused-ring (bicyclic) bond motifs is 1. The summed E-state index contributed by atoms with van der Waals surface area (Å²) < 4.78 is 58.6. The van der Waals surface area contributed by atoms with Crippen molar-refractivity contribution in [2.75, 3.05) is 10.0 Å². The minimum Gasteiger partial charge on any atom is -0.479 e. The summed E-state index contributed by atoms with van der Waals surface area (Å²) in [6.45, 7) is 1.56. The predicted octanol–water partition coefficient (Wildman–Crippen LogP) is 2.49. The van der Waals surface area contributed by atoms with E-state index in [1.807, 2.05) is 4.72 Å². The van der Waals surface area contributed by atoms with E-state index in [-0.39, 0.29) is 16.3 Å². The molecule has 1 aliphatic heterocycles. The molecular formula is C15H12F2N2O4S. The summed E-state index contributed by atoms with van der Waals surface area (Å²) >= 11 is 0. The van der Waals surface area contributed by atoms with Crippen molar-refractivity contribution in [1.29, 1.82) is 0 Å². The zero-order valence-electron chi connectivity index (χ0n) is 12.3. The van der Waals surface area contributed by atoms with E-state index in [0.717, 1.165) is 12.1 Å². The fourth-order valence-electron chi connectivity index (χ4n) is 2.13. The van der Waals surface area contributed by atoms with E-state index < -0.39 is 33.7 Å². The molecule has 1 heterocycles. The molecule has 0 radical (unpaired) electrons. The molecule has 1 amide bonds. The van der Waals surface area contributed by atoms with E-state index in [4.69, 9.17) is 4.74 Å². The highest BCUT2D eigenvalue weighted by molar-refractivity contribution is 7.92. The van der Waals surface area contributed by atoms with E-state index in [2.05, 4.69) is 5.32 Å². The molecule has 126 valence electrons. The molecule has 6 nitrogen and oxygen atoms in total. The normalized spacial score (nSPS) is 16.8. The van der Waals surface area contributed by atoms with Crippen LogP contribution >= 0.6 is 0 Å². The number of nitrogens with one attached hydrogen (secondary N) is 2. The number of carbonyl (C=O) groups is 1. The Morgan fingerprint density at radius 1 is 1.17 bits per heavy atom. The van der Waals surface area contributed by atoms with Gasteiger partial charge in [0, 0.05) is 6.07 Å². The summed E-state index contributed by atoms with van der Waals surface area (Å²) in [4.78, 5) is 11.4. The number of hydrogen-bond donors (Lipinski definition) is 2. The Balaban J connectivity index is 1.93. The molecule has 0 saturated carbocycles. The van der Waals surface area contributed by atoms with Crippen LogP contribution in [0, 0.1) is 11.6 Å². The second kappa shape index (κ2) is 5.75. The van der Waals surface area contributed by atoms with Crippen molar-refractivity contribution >= 4 is 27.3 Å². The van der Waals surface area contributed by atoms with Gasteiger partial charge >= 0.3 is 0 Å². The molecule has 1 unspecified atom stereocenters. The molecule has 0 aromatic heterocycles. The Morgan fingerprint density at radius 2 is 1.92 bits per heavy atom. The largest absolute Gasteiger partial charge is 0.479 e. The highest BCUT2D eigenvalue weighted by Crippen LogP contribution is 2.32. The van der Waals surface area contributed by atoms with Crippen LogP contribution in [0.5, 0.6) is 5.75 Å². The molecule has 9 heteroatoms. The van der Waals surface area contributed by atoms with Gasteiger partial charge in [0.25, 0.3) is 15.9 Å². The van der Waals surface area contributed by atoms with Gasteiger partial charge in [0.1, 0.15) is 17.4 Å². The maximum absolute atomic E-state index is 13.6. The van der Waals surface area contributed by atoms with Crippen molar-refractivity contribution in [3.05, 3.63) is 48.0 Å². The second-order valence-corrected chi connectivity index (χ2v) is 6.82. The van der Waals surface area contributed by atoms with Crippen molar-refractivity contribution in [2.45, 2.75) is 17.9 Å². The van der Waals surface area contributed by atoms with Gasteiger partial charge < -0.3 is 10.1 Å². The van der Waals surface area contributed by atoms with Crippen molar-refractivity contribution in [1.82, 2.24) is 0 Å². The van der Waals surface area contributed by atoms with Gasteiger partial charge in [-0.3, -0.25) is 9.52 Å². The monoisotopic (exact) mass is 354 g/mol. The number of benzene rings is 2. The lowest BCUT2D eigenvalue weighted by atomic mass is 10.2. The van der Waals surface area contributed by atoms with Gasteiger partial charge in [0.15, 0.2) is 6.10 Å². The summed E-state index contributed by atoms with van der Waals surface area (Å²) in [6.07, 6.45) is -0.689. The van der Waals surface area contributed by atoms with Gasteiger partial charge in [0.05, 0.1) is 16.3 Å². The molecule has 2 aromatic carbocycles. The molecule has 2 N–H and O–H groups in total. The number of hydrogen-bond acceptors (Lipinski definition) is 4. The Hall–Kier alpha value is -2.68. The summed E-state index contributed by atoms with van der Waals surface area (Å²) in [5, 5.41) is 2.53. The first kappa shape index (κ1) is 16.2. The van der Waals surface area contributed by atoms with Crippen molar-refractivity contribution < 1.29 is 26.7 Å². The summed E-state index contributed by atoms with van der Waals surface area (Å²) in [5.74, 6) is -1.94. The average molecular weight is 354 g/mol. The van der Waals surface area contributed by atoms with Crippen LogP contribution in [0.25, 0.3) is 0 Å². The number of amides is 1. The molecule has 0 aliphatic carbocycles. The topological polar surface area (TPSA) is 84.5 Å². The SMILES string of the molecule is CC1Oc2ccc(S(=O)(=O)Nc3ccc(F)cc3F)cc2NC1=O. The third-order valence-corrected chi connectivity index (χ3v) is 4.73. The number of halogens is 2. The Bertz CT molecular complexity index is 931. The molecule has 0 saturated heterocycles. The van der Waals surface area contributed by atoms with Gasteiger partial charge in [-0.15, -0.1) is 0 Å². The van der Waals surface area contributed by atoms with E-state index in [1.165, 1.54) is 18.2 Å². The quantitative estimate of drug-likeness (QED) is 0.887. The van der Waals surface area contributed by atoms with E-state index in [0.29, 0.717) is 11.8 Å². The second-order valence-electron chi connectivity index (χ2n) is 5.14. The van der Waals surface area contributed by atoms with Crippen LogP contribution in [0.1, 0.15) is 6.92 Å². The van der Waals surface area contributed by atoms with Crippen LogP contribution in [0.3, 0.4) is 0 Å². The third-order valence-electron chi connectivity index (χ3n) is 3.37. The molecule has 0 bridgehead atoms. The van der Waals surface area contributed by atoms with Crippen LogP contribution in [-0.4, -0.2) is 20.4 Å². The molecule has 1 atom stereocenters. The minimum atomic E-state index is -4.13. The standard InChI is InChI=1S/C15H12F2N2O4S/c1-8-15(20)18-13-7-10(3-5-14(13)23-8)24(21,22)19-12-4-2-9(16)6-11(12)17/h2-8,19H,1H3,(H,18,20). The van der Waals surface area contributed by atoms with Gasteiger partial charge in [-0.2, -0.15) is 0 Å². The number of carbonyl (C=O) groups excluding carboxylic acids is 1. The van der Waals surface area contributed by atoms with E-state index in [1.54, 1.807) is 6.92 Å². The zero-order valence-corrected chi connectivity index (χ0v) is 13.2. The summed E-state index contributed by atoms with van der Waals surface area (Å²) in [5.41, 5.74) is -0.191. The highest BCUT2D eigenvalue weighted by atomic mass is 32.2. The lowest BCUT2D eigenvalue weighted by molar-refractivity contribution is -0.122. The van der Waals surface area contributed by atoms with Crippen LogP contribution in [-0.2, 0) is 14.8 Å². The number of anilines is 2.